The highest BCUT2D eigenvalue weighted by molar-refractivity contribution is 9.09. The molecule has 0 aromatic carbocycles. The van der Waals surface area contributed by atoms with E-state index in [-0.39, 0.29) is 18.5 Å². The lowest BCUT2D eigenvalue weighted by molar-refractivity contribution is -0.223. The van der Waals surface area contributed by atoms with Crippen LogP contribution in [0.4, 0.5) is 0 Å². The summed E-state index contributed by atoms with van der Waals surface area (Å²) in [5, 5.41) is 8.59. The maximum Gasteiger partial charge on any atom is 0.171 e. The summed E-state index contributed by atoms with van der Waals surface area (Å²) in [6.45, 7) is 5.69. The van der Waals surface area contributed by atoms with Crippen molar-refractivity contribution in [2.75, 3.05) is 53.4 Å². The van der Waals surface area contributed by atoms with Crippen LogP contribution in [0.15, 0.2) is 0 Å². The predicted octanol–water partition coefficient (Wildman–Crippen LogP) is 3.53. The number of halogens is 1. The van der Waals surface area contributed by atoms with Gasteiger partial charge in [0, 0.05) is 30.9 Å². The number of methoxy groups -OCH3 is 1. The van der Waals surface area contributed by atoms with E-state index in [9.17, 15) is 0 Å². The molecule has 7 heteroatoms. The molecule has 5 unspecified atom stereocenters. The van der Waals surface area contributed by atoms with Gasteiger partial charge in [-0.1, -0.05) is 29.3 Å². The fourth-order valence-corrected chi connectivity index (χ4v) is 4.88. The number of ether oxygens (including phenoxy) is 5. The zero-order valence-corrected chi connectivity index (χ0v) is 19.2. The lowest BCUT2D eigenvalue weighted by Gasteiger charge is -2.29. The molecule has 2 fully saturated rings. The molecule has 0 spiro atoms. The van der Waals surface area contributed by atoms with Crippen LogP contribution in [0.5, 0.6) is 0 Å². The molecule has 6 nitrogen and oxygen atoms in total. The van der Waals surface area contributed by atoms with Gasteiger partial charge in [0.25, 0.3) is 0 Å². The van der Waals surface area contributed by atoms with Crippen molar-refractivity contribution in [1.29, 1.82) is 0 Å². The normalized spacial score (nSPS) is 30.6. The van der Waals surface area contributed by atoms with Crippen molar-refractivity contribution in [1.82, 2.24) is 0 Å². The SMILES string of the molecule is CCC(Br)C1CC2C(CCCCOCCOCCOCCO)CCC2(OC)O1. The molecule has 0 amide bonds. The minimum Gasteiger partial charge on any atom is -0.394 e. The molecule has 0 aromatic heterocycles. The van der Waals surface area contributed by atoms with Crippen LogP contribution < -0.4 is 0 Å². The molecule has 1 heterocycles. The number of aliphatic hydroxyl groups excluding tert-OH is 1. The standard InChI is InChI=1S/C21H39BrO6/c1-3-19(22)20-16-18-17(7-8-21(18,24-2)28-20)6-4-5-10-25-12-14-27-15-13-26-11-9-23/h17-20,23H,3-16H2,1-2H3. The van der Waals surface area contributed by atoms with E-state index in [1.807, 2.05) is 7.11 Å². The van der Waals surface area contributed by atoms with Crippen LogP contribution >= 0.6 is 15.9 Å². The van der Waals surface area contributed by atoms with Crippen molar-refractivity contribution in [3.8, 4) is 0 Å². The molecule has 0 radical (unpaired) electrons. The molecule has 1 saturated carbocycles. The monoisotopic (exact) mass is 466 g/mol. The van der Waals surface area contributed by atoms with Crippen molar-refractivity contribution < 1.29 is 28.8 Å². The molecule has 2 aliphatic rings. The zero-order chi connectivity index (χ0) is 20.2. The second-order valence-corrected chi connectivity index (χ2v) is 8.97. The highest BCUT2D eigenvalue weighted by atomic mass is 79.9. The molecular weight excluding hydrogens is 428 g/mol. The Morgan fingerprint density at radius 1 is 1.07 bits per heavy atom. The second-order valence-electron chi connectivity index (χ2n) is 7.79. The summed E-state index contributed by atoms with van der Waals surface area (Å²) in [5.74, 6) is 0.880. The Bertz CT molecular complexity index is 412. The Hall–Kier alpha value is 0.240. The molecule has 1 N–H and O–H groups in total. The zero-order valence-electron chi connectivity index (χ0n) is 17.6. The fourth-order valence-electron chi connectivity index (χ4n) is 4.55. The van der Waals surface area contributed by atoms with Gasteiger partial charge in [0.2, 0.25) is 0 Å². The number of hydrogen-bond donors (Lipinski definition) is 1. The third kappa shape index (κ3) is 7.18. The van der Waals surface area contributed by atoms with Crippen LogP contribution in [0.2, 0.25) is 0 Å². The quantitative estimate of drug-likeness (QED) is 0.277. The molecule has 1 saturated heterocycles. The summed E-state index contributed by atoms with van der Waals surface area (Å²) < 4.78 is 28.5. The average molecular weight is 467 g/mol. The Morgan fingerprint density at radius 3 is 2.39 bits per heavy atom. The first-order chi connectivity index (χ1) is 13.7. The Labute approximate surface area is 178 Å². The van der Waals surface area contributed by atoms with Crippen molar-refractivity contribution in [2.24, 2.45) is 11.8 Å². The molecule has 1 aliphatic heterocycles. The molecular formula is C21H39BrO6. The summed E-state index contributed by atoms with van der Waals surface area (Å²) in [5.41, 5.74) is 0. The predicted molar refractivity (Wildman–Crippen MR) is 112 cm³/mol. The van der Waals surface area contributed by atoms with E-state index in [0.717, 1.165) is 32.3 Å². The van der Waals surface area contributed by atoms with Crippen LogP contribution in [0.3, 0.4) is 0 Å². The molecule has 166 valence electrons. The number of aliphatic hydroxyl groups is 1. The molecule has 2 rings (SSSR count). The highest BCUT2D eigenvalue weighted by Gasteiger charge is 2.56. The van der Waals surface area contributed by atoms with E-state index < -0.39 is 0 Å². The third-order valence-corrected chi connectivity index (χ3v) is 7.30. The van der Waals surface area contributed by atoms with Crippen LogP contribution in [-0.4, -0.2) is 75.2 Å². The Kier molecular flexibility index (Phi) is 11.8. The van der Waals surface area contributed by atoms with Crippen molar-refractivity contribution in [3.05, 3.63) is 0 Å². The van der Waals surface area contributed by atoms with Crippen LogP contribution in [-0.2, 0) is 23.7 Å². The first-order valence-corrected chi connectivity index (χ1v) is 11.8. The summed E-state index contributed by atoms with van der Waals surface area (Å²) in [4.78, 5) is 0.419. The molecule has 5 atom stereocenters. The number of hydrogen-bond acceptors (Lipinski definition) is 6. The van der Waals surface area contributed by atoms with E-state index in [1.54, 1.807) is 0 Å². The van der Waals surface area contributed by atoms with Crippen LogP contribution in [0, 0.1) is 11.8 Å². The number of fused-ring (bicyclic) bond motifs is 1. The van der Waals surface area contributed by atoms with Gasteiger partial charge >= 0.3 is 0 Å². The van der Waals surface area contributed by atoms with Gasteiger partial charge in [-0.05, 0) is 38.0 Å². The highest BCUT2D eigenvalue weighted by Crippen LogP contribution is 2.54. The summed E-state index contributed by atoms with van der Waals surface area (Å²) in [7, 11) is 1.81. The lowest BCUT2D eigenvalue weighted by Crippen LogP contribution is -2.35. The lowest BCUT2D eigenvalue weighted by atomic mass is 9.86. The first-order valence-electron chi connectivity index (χ1n) is 10.9. The van der Waals surface area contributed by atoms with Gasteiger partial charge < -0.3 is 28.8 Å². The van der Waals surface area contributed by atoms with Gasteiger partial charge in [0.15, 0.2) is 5.79 Å². The molecule has 0 aromatic rings. The largest absolute Gasteiger partial charge is 0.394 e. The first kappa shape index (κ1) is 24.5. The minimum absolute atomic E-state index is 0.0561. The Morgan fingerprint density at radius 2 is 1.75 bits per heavy atom. The van der Waals surface area contributed by atoms with Crippen molar-refractivity contribution in [2.45, 2.75) is 68.6 Å². The maximum atomic E-state index is 8.59. The molecule has 0 bridgehead atoms. The summed E-state index contributed by atoms with van der Waals surface area (Å²) >= 11 is 3.78. The van der Waals surface area contributed by atoms with Gasteiger partial charge in [-0.25, -0.2) is 0 Å². The molecule has 28 heavy (non-hydrogen) atoms. The van der Waals surface area contributed by atoms with Gasteiger partial charge in [-0.3, -0.25) is 0 Å². The molecule has 1 aliphatic carbocycles. The van der Waals surface area contributed by atoms with E-state index >= 15 is 0 Å². The van der Waals surface area contributed by atoms with E-state index in [4.69, 9.17) is 28.8 Å². The van der Waals surface area contributed by atoms with E-state index in [0.29, 0.717) is 49.7 Å². The van der Waals surface area contributed by atoms with Gasteiger partial charge in [0.1, 0.15) is 0 Å². The van der Waals surface area contributed by atoms with Crippen molar-refractivity contribution in [3.63, 3.8) is 0 Å². The average Bonchev–Trinajstić information content (AvgIpc) is 3.25. The number of rotatable bonds is 16. The van der Waals surface area contributed by atoms with E-state index in [1.165, 1.54) is 19.3 Å². The Balaban J connectivity index is 1.53. The summed E-state index contributed by atoms with van der Waals surface area (Å²) in [6, 6.07) is 0. The minimum atomic E-state index is -0.342. The van der Waals surface area contributed by atoms with Crippen LogP contribution in [0.25, 0.3) is 0 Å². The fraction of sp³-hybridized carbons (Fsp3) is 1.00. The van der Waals surface area contributed by atoms with Crippen LogP contribution in [0.1, 0.15) is 51.9 Å². The van der Waals surface area contributed by atoms with Gasteiger partial charge in [-0.2, -0.15) is 0 Å². The second kappa shape index (κ2) is 13.5. The maximum absolute atomic E-state index is 8.59. The van der Waals surface area contributed by atoms with Crippen molar-refractivity contribution >= 4 is 15.9 Å². The van der Waals surface area contributed by atoms with Gasteiger partial charge in [-0.15, -0.1) is 0 Å². The smallest absolute Gasteiger partial charge is 0.171 e. The van der Waals surface area contributed by atoms with E-state index in [2.05, 4.69) is 22.9 Å². The third-order valence-electron chi connectivity index (χ3n) is 6.07. The number of alkyl halides is 1. The topological polar surface area (TPSA) is 66.4 Å². The number of unbranched alkanes of at least 4 members (excludes halogenated alkanes) is 1. The van der Waals surface area contributed by atoms with Gasteiger partial charge in [0.05, 0.1) is 45.7 Å². The summed E-state index contributed by atoms with van der Waals surface area (Å²) in [6.07, 6.45) is 8.20.